The molecule has 6 heteroatoms. The number of halogens is 2. The van der Waals surface area contributed by atoms with Crippen LogP contribution in [0.3, 0.4) is 0 Å². The third-order valence-electron chi connectivity index (χ3n) is 3.79. The molecule has 2 heterocycles. The highest BCUT2D eigenvalue weighted by atomic mass is 19.2. The molecule has 2 aliphatic heterocycles. The Labute approximate surface area is 119 Å². The normalized spacial score (nSPS) is 23.7. The first kappa shape index (κ1) is 13.7. The molecule has 0 aromatic heterocycles. The van der Waals surface area contributed by atoms with Gasteiger partial charge in [0.05, 0.1) is 11.3 Å². The van der Waals surface area contributed by atoms with Crippen molar-refractivity contribution in [3.05, 3.63) is 46.7 Å². The van der Waals surface area contributed by atoms with E-state index in [9.17, 15) is 18.4 Å². The molecular weight excluding hydrogens is 280 g/mol. The van der Waals surface area contributed by atoms with Gasteiger partial charge in [-0.3, -0.25) is 4.79 Å². The largest absolute Gasteiger partial charge is 0.450 e. The highest BCUT2D eigenvalue weighted by molar-refractivity contribution is 5.99. The van der Waals surface area contributed by atoms with Crippen LogP contribution >= 0.6 is 0 Å². The van der Waals surface area contributed by atoms with Gasteiger partial charge in [0.1, 0.15) is 5.60 Å². The lowest BCUT2D eigenvalue weighted by molar-refractivity contribution is -0.144. The first-order valence-corrected chi connectivity index (χ1v) is 6.52. The zero-order chi connectivity index (χ0) is 15.4. The molecule has 1 aromatic rings. The second-order valence-electron chi connectivity index (χ2n) is 5.67. The van der Waals surface area contributed by atoms with Crippen molar-refractivity contribution in [1.82, 2.24) is 5.32 Å². The number of hydrogen-bond acceptors (Lipinski definition) is 3. The Hall–Kier alpha value is -2.24. The molecule has 0 saturated heterocycles. The minimum atomic E-state index is -1.01. The summed E-state index contributed by atoms with van der Waals surface area (Å²) in [6.07, 6.45) is -0.00488. The Kier molecular flexibility index (Phi) is 2.86. The smallest absolute Gasteiger partial charge is 0.337 e. The van der Waals surface area contributed by atoms with Gasteiger partial charge in [0.15, 0.2) is 11.6 Å². The van der Waals surface area contributed by atoms with Gasteiger partial charge < -0.3 is 10.1 Å². The fourth-order valence-electron chi connectivity index (χ4n) is 2.79. The molecule has 3 rings (SSSR count). The van der Waals surface area contributed by atoms with E-state index in [0.717, 1.165) is 12.1 Å². The number of carbonyl (C=O) groups excluding carboxylic acids is 2. The van der Waals surface area contributed by atoms with Crippen molar-refractivity contribution in [3.8, 4) is 0 Å². The molecule has 0 aliphatic carbocycles. The zero-order valence-corrected chi connectivity index (χ0v) is 11.5. The number of nitrogens with one attached hydrogen (secondary N) is 1. The minimum Gasteiger partial charge on any atom is -0.450 e. The molecule has 0 saturated carbocycles. The maximum Gasteiger partial charge on any atom is 0.337 e. The monoisotopic (exact) mass is 293 g/mol. The van der Waals surface area contributed by atoms with E-state index >= 15 is 0 Å². The second-order valence-corrected chi connectivity index (χ2v) is 5.67. The van der Waals surface area contributed by atoms with Crippen LogP contribution in [0.5, 0.6) is 0 Å². The average molecular weight is 293 g/mol. The fourth-order valence-corrected chi connectivity index (χ4v) is 2.79. The van der Waals surface area contributed by atoms with E-state index in [0.29, 0.717) is 16.8 Å². The van der Waals surface area contributed by atoms with E-state index in [1.54, 1.807) is 13.8 Å². The lowest BCUT2D eigenvalue weighted by atomic mass is 9.83. The van der Waals surface area contributed by atoms with Gasteiger partial charge in [-0.1, -0.05) is 6.07 Å². The van der Waals surface area contributed by atoms with Gasteiger partial charge in [-0.2, -0.15) is 0 Å². The molecule has 0 fully saturated rings. The van der Waals surface area contributed by atoms with Crippen LogP contribution < -0.4 is 5.32 Å². The first-order valence-electron chi connectivity index (χ1n) is 6.52. The van der Waals surface area contributed by atoms with Gasteiger partial charge in [0.2, 0.25) is 5.91 Å². The average Bonchev–Trinajstić information content (AvgIpc) is 2.62. The van der Waals surface area contributed by atoms with Crippen LogP contribution in [0, 0.1) is 11.6 Å². The number of carbonyl (C=O) groups is 2. The van der Waals surface area contributed by atoms with E-state index in [2.05, 4.69) is 5.32 Å². The van der Waals surface area contributed by atoms with Crippen molar-refractivity contribution in [2.75, 3.05) is 0 Å². The summed E-state index contributed by atoms with van der Waals surface area (Å²) >= 11 is 0. The predicted octanol–water partition coefficient (Wildman–Crippen LogP) is 2.16. The number of benzene rings is 1. The Morgan fingerprint density at radius 3 is 2.62 bits per heavy atom. The molecule has 0 bridgehead atoms. The molecule has 1 N–H and O–H groups in total. The molecule has 0 unspecified atom stereocenters. The summed E-state index contributed by atoms with van der Waals surface area (Å²) in [5.41, 5.74) is 0.161. The van der Waals surface area contributed by atoms with Gasteiger partial charge in [0, 0.05) is 12.3 Å². The van der Waals surface area contributed by atoms with Crippen molar-refractivity contribution < 1.29 is 23.1 Å². The standard InChI is InChI=1S/C15H13F2NO3/c1-15(2)13-12(14(20)21-15)8(6-11(19)18-13)7-3-4-9(16)10(17)5-7/h3-5,8H,6H2,1-2H3,(H,18,19)/t8-/m1/s1. The van der Waals surface area contributed by atoms with E-state index < -0.39 is 29.1 Å². The third-order valence-corrected chi connectivity index (χ3v) is 3.79. The van der Waals surface area contributed by atoms with Crippen LogP contribution in [-0.4, -0.2) is 17.5 Å². The Balaban J connectivity index is 2.13. The van der Waals surface area contributed by atoms with E-state index in [-0.39, 0.29) is 12.3 Å². The molecule has 21 heavy (non-hydrogen) atoms. The summed E-state index contributed by atoms with van der Waals surface area (Å²) in [5.74, 6) is -3.42. The van der Waals surface area contributed by atoms with Gasteiger partial charge in [-0.15, -0.1) is 0 Å². The lowest BCUT2D eigenvalue weighted by Gasteiger charge is -2.27. The summed E-state index contributed by atoms with van der Waals surface area (Å²) < 4.78 is 31.7. The maximum absolute atomic E-state index is 13.4. The van der Waals surface area contributed by atoms with Crippen molar-refractivity contribution in [2.24, 2.45) is 0 Å². The Bertz CT molecular complexity index is 694. The fraction of sp³-hybridized carbons (Fsp3) is 0.333. The van der Waals surface area contributed by atoms with Crippen LogP contribution in [0.2, 0.25) is 0 Å². The zero-order valence-electron chi connectivity index (χ0n) is 11.5. The number of rotatable bonds is 1. The van der Waals surface area contributed by atoms with Crippen LogP contribution in [0.25, 0.3) is 0 Å². The van der Waals surface area contributed by atoms with Gasteiger partial charge in [0.25, 0.3) is 0 Å². The van der Waals surface area contributed by atoms with E-state index in [4.69, 9.17) is 4.74 Å². The van der Waals surface area contributed by atoms with E-state index in [1.165, 1.54) is 6.07 Å². The van der Waals surface area contributed by atoms with Crippen LogP contribution in [-0.2, 0) is 14.3 Å². The summed E-state index contributed by atoms with van der Waals surface area (Å²) in [5, 5.41) is 2.65. The molecule has 4 nitrogen and oxygen atoms in total. The molecule has 1 atom stereocenters. The SMILES string of the molecule is CC1(C)OC(=O)C2=C1NC(=O)C[C@@H]2c1ccc(F)c(F)c1. The van der Waals surface area contributed by atoms with Crippen LogP contribution in [0.4, 0.5) is 8.78 Å². The number of hydrogen-bond donors (Lipinski definition) is 1. The summed E-state index contributed by atoms with van der Waals surface area (Å²) in [6.45, 7) is 3.34. The lowest BCUT2D eigenvalue weighted by Crippen LogP contribution is -2.38. The molecule has 2 aliphatic rings. The summed E-state index contributed by atoms with van der Waals surface area (Å²) in [6, 6.07) is 3.38. The maximum atomic E-state index is 13.4. The summed E-state index contributed by atoms with van der Waals surface area (Å²) in [4.78, 5) is 23.9. The second kappa shape index (κ2) is 4.38. The van der Waals surface area contributed by atoms with Crippen molar-refractivity contribution in [3.63, 3.8) is 0 Å². The quantitative estimate of drug-likeness (QED) is 0.807. The topological polar surface area (TPSA) is 55.4 Å². The van der Waals surface area contributed by atoms with Crippen LogP contribution in [0.1, 0.15) is 31.7 Å². The molecular formula is C15H13F2NO3. The highest BCUT2D eigenvalue weighted by Gasteiger charge is 2.47. The Morgan fingerprint density at radius 2 is 1.95 bits per heavy atom. The number of ether oxygens (including phenoxy) is 1. The molecule has 110 valence electrons. The van der Waals surface area contributed by atoms with Gasteiger partial charge in [-0.25, -0.2) is 13.6 Å². The third kappa shape index (κ3) is 2.11. The molecule has 1 amide bonds. The van der Waals surface area contributed by atoms with Gasteiger partial charge >= 0.3 is 5.97 Å². The molecule has 1 aromatic carbocycles. The molecule has 0 spiro atoms. The first-order chi connectivity index (χ1) is 9.79. The Morgan fingerprint density at radius 1 is 1.24 bits per heavy atom. The highest BCUT2D eigenvalue weighted by Crippen LogP contribution is 2.42. The van der Waals surface area contributed by atoms with Gasteiger partial charge in [-0.05, 0) is 31.5 Å². The van der Waals surface area contributed by atoms with Crippen molar-refractivity contribution in [1.29, 1.82) is 0 Å². The van der Waals surface area contributed by atoms with E-state index in [1.807, 2.05) is 0 Å². The predicted molar refractivity (Wildman–Crippen MR) is 69.1 cm³/mol. The molecule has 0 radical (unpaired) electrons. The minimum absolute atomic E-state index is 0.00488. The number of cyclic esters (lactones) is 1. The number of esters is 1. The number of amides is 1. The van der Waals surface area contributed by atoms with Crippen molar-refractivity contribution in [2.45, 2.75) is 31.8 Å². The van der Waals surface area contributed by atoms with Crippen LogP contribution in [0.15, 0.2) is 29.5 Å². The van der Waals surface area contributed by atoms with Crippen molar-refractivity contribution >= 4 is 11.9 Å². The summed E-state index contributed by atoms with van der Waals surface area (Å²) in [7, 11) is 0.